The van der Waals surface area contributed by atoms with Crippen LogP contribution in [-0.2, 0) is 4.79 Å². The number of carbonyl (C=O) groups excluding carboxylic acids is 1. The highest BCUT2D eigenvalue weighted by Crippen LogP contribution is 2.23. The minimum Gasteiger partial charge on any atom is -0.494 e. The predicted octanol–water partition coefficient (Wildman–Crippen LogP) is 3.42. The number of halogens is 1. The lowest BCUT2D eigenvalue weighted by Crippen LogP contribution is -2.33. The van der Waals surface area contributed by atoms with Crippen LogP contribution in [0.5, 0.6) is 11.5 Å². The van der Waals surface area contributed by atoms with Crippen molar-refractivity contribution < 1.29 is 28.6 Å². The number of methoxy groups -OCH3 is 1. The molecule has 0 spiro atoms. The topological polar surface area (TPSA) is 84.9 Å². The van der Waals surface area contributed by atoms with E-state index in [0.29, 0.717) is 18.3 Å². The number of carboxylic acid groups (broad SMARTS) is 1. The SMILES string of the molecule is COc1ccc(C(NC(=O)c2cccc(OCC(C)C)c2)C(=O)O)cc1F. The van der Waals surface area contributed by atoms with Crippen molar-refractivity contribution in [3.8, 4) is 11.5 Å². The van der Waals surface area contributed by atoms with E-state index in [2.05, 4.69) is 5.32 Å². The van der Waals surface area contributed by atoms with E-state index in [1.54, 1.807) is 18.2 Å². The van der Waals surface area contributed by atoms with Gasteiger partial charge in [-0.05, 0) is 41.8 Å². The summed E-state index contributed by atoms with van der Waals surface area (Å²) in [5.74, 6) is -1.79. The summed E-state index contributed by atoms with van der Waals surface area (Å²) in [5.41, 5.74) is 0.345. The molecule has 0 aromatic heterocycles. The van der Waals surface area contributed by atoms with E-state index in [1.165, 1.54) is 25.3 Å². The first kappa shape index (κ1) is 20.2. The summed E-state index contributed by atoms with van der Waals surface area (Å²) in [6.45, 7) is 4.50. The van der Waals surface area contributed by atoms with Crippen LogP contribution in [0.4, 0.5) is 4.39 Å². The van der Waals surface area contributed by atoms with Crippen LogP contribution >= 0.6 is 0 Å². The quantitative estimate of drug-likeness (QED) is 0.738. The van der Waals surface area contributed by atoms with Crippen LogP contribution in [0, 0.1) is 11.7 Å². The molecule has 0 saturated heterocycles. The van der Waals surface area contributed by atoms with Crippen LogP contribution in [0.15, 0.2) is 42.5 Å². The molecule has 0 aliphatic heterocycles. The fourth-order valence-corrected chi connectivity index (χ4v) is 2.35. The van der Waals surface area contributed by atoms with Crippen molar-refractivity contribution in [1.29, 1.82) is 0 Å². The largest absolute Gasteiger partial charge is 0.494 e. The van der Waals surface area contributed by atoms with Crippen LogP contribution in [0.25, 0.3) is 0 Å². The van der Waals surface area contributed by atoms with Crippen LogP contribution in [0.2, 0.25) is 0 Å². The molecule has 2 N–H and O–H groups in total. The molecule has 2 aromatic rings. The van der Waals surface area contributed by atoms with Crippen molar-refractivity contribution in [2.75, 3.05) is 13.7 Å². The van der Waals surface area contributed by atoms with Gasteiger partial charge < -0.3 is 19.9 Å². The van der Waals surface area contributed by atoms with Crippen molar-refractivity contribution in [2.45, 2.75) is 19.9 Å². The van der Waals surface area contributed by atoms with Gasteiger partial charge in [-0.15, -0.1) is 0 Å². The number of aliphatic carboxylic acids is 1. The highest BCUT2D eigenvalue weighted by Gasteiger charge is 2.24. The average Bonchev–Trinajstić information content (AvgIpc) is 2.64. The molecule has 0 bridgehead atoms. The molecule has 0 radical (unpaired) electrons. The van der Waals surface area contributed by atoms with Gasteiger partial charge in [-0.1, -0.05) is 26.0 Å². The number of amides is 1. The van der Waals surface area contributed by atoms with Gasteiger partial charge >= 0.3 is 5.97 Å². The molecule has 1 amide bonds. The van der Waals surface area contributed by atoms with Crippen molar-refractivity contribution in [2.24, 2.45) is 5.92 Å². The maximum absolute atomic E-state index is 13.9. The van der Waals surface area contributed by atoms with E-state index in [-0.39, 0.29) is 16.9 Å². The second kappa shape index (κ2) is 9.02. The second-order valence-electron chi connectivity index (χ2n) is 6.37. The zero-order chi connectivity index (χ0) is 20.0. The molecule has 27 heavy (non-hydrogen) atoms. The minimum absolute atomic E-state index is 0.00998. The van der Waals surface area contributed by atoms with Crippen molar-refractivity contribution in [3.63, 3.8) is 0 Å². The van der Waals surface area contributed by atoms with Gasteiger partial charge in [-0.2, -0.15) is 0 Å². The highest BCUT2D eigenvalue weighted by atomic mass is 19.1. The first-order valence-electron chi connectivity index (χ1n) is 8.41. The van der Waals surface area contributed by atoms with Gasteiger partial charge in [0.15, 0.2) is 17.6 Å². The lowest BCUT2D eigenvalue weighted by atomic mass is 10.1. The van der Waals surface area contributed by atoms with Gasteiger partial charge in [0.05, 0.1) is 13.7 Å². The van der Waals surface area contributed by atoms with E-state index in [9.17, 15) is 19.1 Å². The Balaban J connectivity index is 2.19. The van der Waals surface area contributed by atoms with E-state index >= 15 is 0 Å². The standard InChI is InChI=1S/C20H22FNO5/c1-12(2)11-27-15-6-4-5-14(9-15)19(23)22-18(20(24)25)13-7-8-17(26-3)16(21)10-13/h4-10,12,18H,11H2,1-3H3,(H,22,23)(H,24,25). The third-order valence-corrected chi connectivity index (χ3v) is 3.71. The fourth-order valence-electron chi connectivity index (χ4n) is 2.35. The molecule has 0 heterocycles. The number of rotatable bonds is 8. The summed E-state index contributed by atoms with van der Waals surface area (Å²) in [4.78, 5) is 24.1. The van der Waals surface area contributed by atoms with Gasteiger partial charge in [-0.25, -0.2) is 9.18 Å². The van der Waals surface area contributed by atoms with Crippen LogP contribution in [0.1, 0.15) is 35.8 Å². The molecule has 2 rings (SSSR count). The molecule has 0 aliphatic rings. The molecule has 7 heteroatoms. The highest BCUT2D eigenvalue weighted by molar-refractivity contribution is 5.97. The first-order chi connectivity index (χ1) is 12.8. The molecule has 2 aromatic carbocycles. The lowest BCUT2D eigenvalue weighted by molar-refractivity contribution is -0.139. The molecular weight excluding hydrogens is 353 g/mol. The van der Waals surface area contributed by atoms with Crippen LogP contribution < -0.4 is 14.8 Å². The molecule has 1 unspecified atom stereocenters. The molecule has 1 atom stereocenters. The fraction of sp³-hybridized carbons (Fsp3) is 0.300. The van der Waals surface area contributed by atoms with E-state index in [1.807, 2.05) is 13.8 Å². The normalized spacial score (nSPS) is 11.7. The summed E-state index contributed by atoms with van der Waals surface area (Å²) in [6.07, 6.45) is 0. The Morgan fingerprint density at radius 2 is 1.93 bits per heavy atom. The summed E-state index contributed by atoms with van der Waals surface area (Å²) in [7, 11) is 1.31. The third-order valence-electron chi connectivity index (χ3n) is 3.71. The Labute approximate surface area is 156 Å². The van der Waals surface area contributed by atoms with Crippen molar-refractivity contribution in [3.05, 3.63) is 59.4 Å². The molecule has 144 valence electrons. The van der Waals surface area contributed by atoms with Gasteiger partial charge in [0, 0.05) is 5.56 Å². The van der Waals surface area contributed by atoms with Gasteiger partial charge in [-0.3, -0.25) is 4.79 Å². The molecule has 0 fully saturated rings. The Morgan fingerprint density at radius 3 is 2.52 bits per heavy atom. The van der Waals surface area contributed by atoms with E-state index in [4.69, 9.17) is 9.47 Å². The number of carbonyl (C=O) groups is 2. The Kier molecular flexibility index (Phi) is 6.76. The maximum Gasteiger partial charge on any atom is 0.330 e. The number of benzene rings is 2. The summed E-state index contributed by atoms with van der Waals surface area (Å²) in [5, 5.41) is 11.9. The molecule has 0 aliphatic carbocycles. The second-order valence-corrected chi connectivity index (χ2v) is 6.37. The predicted molar refractivity (Wildman–Crippen MR) is 97.6 cm³/mol. The summed E-state index contributed by atoms with van der Waals surface area (Å²) in [6, 6.07) is 8.77. The monoisotopic (exact) mass is 375 g/mol. The molecule has 6 nitrogen and oxygen atoms in total. The van der Waals surface area contributed by atoms with Crippen molar-refractivity contribution >= 4 is 11.9 Å². The summed E-state index contributed by atoms with van der Waals surface area (Å²) < 4.78 is 24.3. The first-order valence-corrected chi connectivity index (χ1v) is 8.41. The third kappa shape index (κ3) is 5.44. The Morgan fingerprint density at radius 1 is 1.19 bits per heavy atom. The van der Waals surface area contributed by atoms with Crippen LogP contribution in [-0.4, -0.2) is 30.7 Å². The smallest absolute Gasteiger partial charge is 0.330 e. The number of ether oxygens (including phenoxy) is 2. The van der Waals surface area contributed by atoms with E-state index < -0.39 is 23.7 Å². The average molecular weight is 375 g/mol. The minimum atomic E-state index is -1.40. The lowest BCUT2D eigenvalue weighted by Gasteiger charge is -2.16. The number of hydrogen-bond donors (Lipinski definition) is 2. The number of hydrogen-bond acceptors (Lipinski definition) is 4. The van der Waals surface area contributed by atoms with Gasteiger partial charge in [0.2, 0.25) is 0 Å². The Bertz CT molecular complexity index is 822. The summed E-state index contributed by atoms with van der Waals surface area (Å²) >= 11 is 0. The van der Waals surface area contributed by atoms with Crippen LogP contribution in [0.3, 0.4) is 0 Å². The zero-order valence-corrected chi connectivity index (χ0v) is 15.4. The van der Waals surface area contributed by atoms with Gasteiger partial charge in [0.1, 0.15) is 5.75 Å². The number of carboxylic acids is 1. The molecular formula is C20H22FNO5. The maximum atomic E-state index is 13.9. The van der Waals surface area contributed by atoms with Crippen molar-refractivity contribution in [1.82, 2.24) is 5.32 Å². The number of nitrogens with one attached hydrogen (secondary N) is 1. The van der Waals surface area contributed by atoms with E-state index in [0.717, 1.165) is 6.07 Å². The molecule has 0 saturated carbocycles. The Hall–Kier alpha value is -3.09. The van der Waals surface area contributed by atoms with Gasteiger partial charge in [0.25, 0.3) is 5.91 Å². The zero-order valence-electron chi connectivity index (χ0n) is 15.4.